The molecule has 0 aromatic heterocycles. The van der Waals surface area contributed by atoms with Gasteiger partial charge in [-0.1, -0.05) is 31.2 Å². The highest BCUT2D eigenvalue weighted by atomic mass is 16.5. The third-order valence-electron chi connectivity index (χ3n) is 3.14. The molecule has 0 radical (unpaired) electrons. The standard InChI is InChI=1S/C17H21NO/c1-2-14-6-4-10-17(13-14)19-11-5-8-15-7-3-9-16(18)12-15/h3-4,6-7,9-10,12-13H,2,5,8,11,18H2,1H3. The summed E-state index contributed by atoms with van der Waals surface area (Å²) in [7, 11) is 0. The number of anilines is 1. The predicted octanol–water partition coefficient (Wildman–Crippen LogP) is 3.84. The molecule has 2 nitrogen and oxygen atoms in total. The van der Waals surface area contributed by atoms with Crippen molar-refractivity contribution in [3.8, 4) is 5.75 Å². The molecule has 0 atom stereocenters. The quantitative estimate of drug-likeness (QED) is 0.628. The molecular weight excluding hydrogens is 234 g/mol. The van der Waals surface area contributed by atoms with Gasteiger partial charge in [0.25, 0.3) is 0 Å². The second kappa shape index (κ2) is 6.83. The van der Waals surface area contributed by atoms with Crippen LogP contribution in [-0.2, 0) is 12.8 Å². The number of benzene rings is 2. The van der Waals surface area contributed by atoms with E-state index in [9.17, 15) is 0 Å². The maximum absolute atomic E-state index is 5.77. The Morgan fingerprint density at radius 2 is 1.79 bits per heavy atom. The molecule has 0 saturated carbocycles. The molecule has 2 aromatic rings. The average molecular weight is 255 g/mol. The van der Waals surface area contributed by atoms with Crippen LogP contribution in [0, 0.1) is 0 Å². The molecule has 0 aliphatic rings. The summed E-state index contributed by atoms with van der Waals surface area (Å²) in [6, 6.07) is 16.3. The molecule has 0 aliphatic carbocycles. The molecule has 100 valence electrons. The van der Waals surface area contributed by atoms with E-state index in [1.54, 1.807) is 0 Å². The van der Waals surface area contributed by atoms with Gasteiger partial charge in [0, 0.05) is 5.69 Å². The lowest BCUT2D eigenvalue weighted by Crippen LogP contribution is -2.00. The number of nitrogens with two attached hydrogens (primary N) is 1. The van der Waals surface area contributed by atoms with E-state index in [-0.39, 0.29) is 0 Å². The number of hydrogen-bond donors (Lipinski definition) is 1. The first-order chi connectivity index (χ1) is 9.28. The number of ether oxygens (including phenoxy) is 1. The molecule has 0 bridgehead atoms. The van der Waals surface area contributed by atoms with Crippen molar-refractivity contribution in [2.45, 2.75) is 26.2 Å². The monoisotopic (exact) mass is 255 g/mol. The first kappa shape index (κ1) is 13.5. The molecule has 0 heterocycles. The van der Waals surface area contributed by atoms with Crippen molar-refractivity contribution in [3.05, 3.63) is 59.7 Å². The Morgan fingerprint density at radius 3 is 2.58 bits per heavy atom. The summed E-state index contributed by atoms with van der Waals surface area (Å²) in [5, 5.41) is 0. The number of aryl methyl sites for hydroxylation is 2. The van der Waals surface area contributed by atoms with Crippen LogP contribution in [-0.4, -0.2) is 6.61 Å². The van der Waals surface area contributed by atoms with E-state index >= 15 is 0 Å². The molecule has 2 N–H and O–H groups in total. The third kappa shape index (κ3) is 4.32. The van der Waals surface area contributed by atoms with Crippen molar-refractivity contribution in [2.75, 3.05) is 12.3 Å². The lowest BCUT2D eigenvalue weighted by molar-refractivity contribution is 0.311. The Hall–Kier alpha value is -1.96. The fourth-order valence-electron chi connectivity index (χ4n) is 2.07. The van der Waals surface area contributed by atoms with Gasteiger partial charge in [0.2, 0.25) is 0 Å². The maximum atomic E-state index is 5.77. The SMILES string of the molecule is CCc1cccc(OCCCc2cccc(N)c2)c1. The molecule has 0 spiro atoms. The molecule has 2 rings (SSSR count). The first-order valence-corrected chi connectivity index (χ1v) is 6.84. The maximum Gasteiger partial charge on any atom is 0.119 e. The van der Waals surface area contributed by atoms with Gasteiger partial charge < -0.3 is 10.5 Å². The average Bonchev–Trinajstić information content (AvgIpc) is 2.44. The molecule has 2 aromatic carbocycles. The molecular formula is C17H21NO. The van der Waals surface area contributed by atoms with E-state index in [1.165, 1.54) is 11.1 Å². The molecule has 0 aliphatic heterocycles. The summed E-state index contributed by atoms with van der Waals surface area (Å²) in [5.41, 5.74) is 9.17. The van der Waals surface area contributed by atoms with Crippen LogP contribution in [0.4, 0.5) is 5.69 Å². The summed E-state index contributed by atoms with van der Waals surface area (Å²) in [4.78, 5) is 0. The Labute approximate surface area is 115 Å². The Balaban J connectivity index is 1.77. The molecule has 0 saturated heterocycles. The van der Waals surface area contributed by atoms with Crippen LogP contribution in [0.3, 0.4) is 0 Å². The van der Waals surface area contributed by atoms with Gasteiger partial charge >= 0.3 is 0 Å². The minimum absolute atomic E-state index is 0.738. The Morgan fingerprint density at radius 1 is 1.00 bits per heavy atom. The lowest BCUT2D eigenvalue weighted by atomic mass is 10.1. The van der Waals surface area contributed by atoms with Crippen LogP contribution < -0.4 is 10.5 Å². The minimum Gasteiger partial charge on any atom is -0.494 e. The lowest BCUT2D eigenvalue weighted by Gasteiger charge is -2.07. The zero-order valence-corrected chi connectivity index (χ0v) is 11.4. The number of hydrogen-bond acceptors (Lipinski definition) is 2. The van der Waals surface area contributed by atoms with Gasteiger partial charge in [-0.25, -0.2) is 0 Å². The second-order valence-electron chi connectivity index (χ2n) is 4.70. The van der Waals surface area contributed by atoms with Crippen LogP contribution in [0.5, 0.6) is 5.75 Å². The zero-order valence-electron chi connectivity index (χ0n) is 11.4. The second-order valence-corrected chi connectivity index (χ2v) is 4.70. The van der Waals surface area contributed by atoms with Crippen LogP contribution in [0.15, 0.2) is 48.5 Å². The number of rotatable bonds is 6. The summed E-state index contributed by atoms with van der Waals surface area (Å²) < 4.78 is 5.77. The summed E-state index contributed by atoms with van der Waals surface area (Å²) in [6.45, 7) is 2.89. The third-order valence-corrected chi connectivity index (χ3v) is 3.14. The summed E-state index contributed by atoms with van der Waals surface area (Å²) >= 11 is 0. The van der Waals surface area contributed by atoms with Crippen molar-refractivity contribution in [3.63, 3.8) is 0 Å². The molecule has 19 heavy (non-hydrogen) atoms. The van der Waals surface area contributed by atoms with E-state index in [4.69, 9.17) is 10.5 Å². The molecule has 0 amide bonds. The highest BCUT2D eigenvalue weighted by molar-refractivity contribution is 5.40. The molecule has 2 heteroatoms. The van der Waals surface area contributed by atoms with Crippen LogP contribution >= 0.6 is 0 Å². The van der Waals surface area contributed by atoms with Gasteiger partial charge in [-0.2, -0.15) is 0 Å². The molecule has 0 unspecified atom stereocenters. The summed E-state index contributed by atoms with van der Waals surface area (Å²) in [6.07, 6.45) is 3.04. The highest BCUT2D eigenvalue weighted by Gasteiger charge is 1.97. The summed E-state index contributed by atoms with van der Waals surface area (Å²) in [5.74, 6) is 0.965. The van der Waals surface area contributed by atoms with E-state index in [0.717, 1.165) is 37.3 Å². The van der Waals surface area contributed by atoms with Crippen LogP contribution in [0.1, 0.15) is 24.5 Å². The van der Waals surface area contributed by atoms with Crippen molar-refractivity contribution in [1.82, 2.24) is 0 Å². The molecule has 0 fully saturated rings. The van der Waals surface area contributed by atoms with E-state index in [2.05, 4.69) is 25.1 Å². The van der Waals surface area contributed by atoms with E-state index in [0.29, 0.717) is 0 Å². The fraction of sp³-hybridized carbons (Fsp3) is 0.294. The van der Waals surface area contributed by atoms with Gasteiger partial charge in [0.05, 0.1) is 6.61 Å². The Bertz CT molecular complexity index is 522. The van der Waals surface area contributed by atoms with Gasteiger partial charge in [-0.15, -0.1) is 0 Å². The number of nitrogen functional groups attached to an aromatic ring is 1. The van der Waals surface area contributed by atoms with Crippen molar-refractivity contribution in [2.24, 2.45) is 0 Å². The predicted molar refractivity (Wildman–Crippen MR) is 80.5 cm³/mol. The minimum atomic E-state index is 0.738. The highest BCUT2D eigenvalue weighted by Crippen LogP contribution is 2.14. The van der Waals surface area contributed by atoms with Gasteiger partial charge in [0.1, 0.15) is 5.75 Å². The van der Waals surface area contributed by atoms with Gasteiger partial charge in [-0.05, 0) is 54.7 Å². The van der Waals surface area contributed by atoms with Crippen LogP contribution in [0.2, 0.25) is 0 Å². The van der Waals surface area contributed by atoms with Crippen molar-refractivity contribution >= 4 is 5.69 Å². The van der Waals surface area contributed by atoms with E-state index < -0.39 is 0 Å². The fourth-order valence-corrected chi connectivity index (χ4v) is 2.07. The first-order valence-electron chi connectivity index (χ1n) is 6.84. The normalized spacial score (nSPS) is 10.4. The van der Waals surface area contributed by atoms with Crippen molar-refractivity contribution < 1.29 is 4.74 Å². The largest absolute Gasteiger partial charge is 0.494 e. The zero-order chi connectivity index (χ0) is 13.5. The van der Waals surface area contributed by atoms with Crippen LogP contribution in [0.25, 0.3) is 0 Å². The van der Waals surface area contributed by atoms with Gasteiger partial charge in [-0.3, -0.25) is 0 Å². The van der Waals surface area contributed by atoms with Gasteiger partial charge in [0.15, 0.2) is 0 Å². The van der Waals surface area contributed by atoms with Crippen molar-refractivity contribution in [1.29, 1.82) is 0 Å². The topological polar surface area (TPSA) is 35.2 Å². The smallest absolute Gasteiger partial charge is 0.119 e. The van der Waals surface area contributed by atoms with E-state index in [1.807, 2.05) is 30.3 Å². The Kier molecular flexibility index (Phi) is 4.85.